The van der Waals surface area contributed by atoms with E-state index in [0.29, 0.717) is 6.54 Å². The van der Waals surface area contributed by atoms with Gasteiger partial charge < -0.3 is 10.2 Å². The number of anilines is 1. The van der Waals surface area contributed by atoms with Crippen molar-refractivity contribution in [2.45, 2.75) is 26.4 Å². The maximum absolute atomic E-state index is 12.6. The van der Waals surface area contributed by atoms with Crippen molar-refractivity contribution < 1.29 is 4.79 Å². The molecule has 3 rings (SSSR count). The SMILES string of the molecule is Cc1nc2ccc(NC(C)C(=O)N(C)Cc3ccccc3)cc2s1. The molecule has 1 atom stereocenters. The van der Waals surface area contributed by atoms with Crippen LogP contribution in [0, 0.1) is 6.92 Å². The highest BCUT2D eigenvalue weighted by Gasteiger charge is 2.17. The molecule has 0 spiro atoms. The number of carbonyl (C=O) groups excluding carboxylic acids is 1. The van der Waals surface area contributed by atoms with E-state index in [4.69, 9.17) is 0 Å². The standard InChI is InChI=1S/C19H21N3OS/c1-13(19(23)22(3)12-15-7-5-4-6-8-15)20-16-9-10-17-18(11-16)24-14(2)21-17/h4-11,13,20H,12H2,1-3H3. The zero-order chi connectivity index (χ0) is 17.1. The second kappa shape index (κ2) is 7.01. The zero-order valence-electron chi connectivity index (χ0n) is 14.1. The highest BCUT2D eigenvalue weighted by molar-refractivity contribution is 7.18. The Labute approximate surface area is 146 Å². The number of hydrogen-bond acceptors (Lipinski definition) is 4. The molecular weight excluding hydrogens is 318 g/mol. The lowest BCUT2D eigenvalue weighted by Crippen LogP contribution is -2.38. The predicted molar refractivity (Wildman–Crippen MR) is 100 cm³/mol. The lowest BCUT2D eigenvalue weighted by atomic mass is 10.2. The fraction of sp³-hybridized carbons (Fsp3) is 0.263. The average Bonchev–Trinajstić information content (AvgIpc) is 2.94. The maximum Gasteiger partial charge on any atom is 0.244 e. The van der Waals surface area contributed by atoms with Crippen LogP contribution >= 0.6 is 11.3 Å². The van der Waals surface area contributed by atoms with E-state index >= 15 is 0 Å². The minimum atomic E-state index is -0.287. The molecule has 24 heavy (non-hydrogen) atoms. The van der Waals surface area contributed by atoms with E-state index < -0.39 is 0 Å². The largest absolute Gasteiger partial charge is 0.374 e. The van der Waals surface area contributed by atoms with E-state index in [9.17, 15) is 4.79 Å². The Morgan fingerprint density at radius 2 is 2.00 bits per heavy atom. The topological polar surface area (TPSA) is 45.2 Å². The van der Waals surface area contributed by atoms with Crippen molar-refractivity contribution in [1.82, 2.24) is 9.88 Å². The van der Waals surface area contributed by atoms with Crippen LogP contribution in [0.5, 0.6) is 0 Å². The maximum atomic E-state index is 12.6. The van der Waals surface area contributed by atoms with Crippen LogP contribution < -0.4 is 5.32 Å². The van der Waals surface area contributed by atoms with E-state index in [1.807, 2.05) is 63.4 Å². The minimum absolute atomic E-state index is 0.0689. The summed E-state index contributed by atoms with van der Waals surface area (Å²) in [5, 5.41) is 4.35. The average molecular weight is 339 g/mol. The summed E-state index contributed by atoms with van der Waals surface area (Å²) in [5.74, 6) is 0.0689. The van der Waals surface area contributed by atoms with Gasteiger partial charge in [-0.1, -0.05) is 30.3 Å². The Balaban J connectivity index is 1.66. The lowest BCUT2D eigenvalue weighted by molar-refractivity contribution is -0.130. The number of aryl methyl sites for hydroxylation is 1. The Morgan fingerprint density at radius 1 is 1.25 bits per heavy atom. The number of carbonyl (C=O) groups is 1. The van der Waals surface area contributed by atoms with Crippen molar-refractivity contribution >= 4 is 33.1 Å². The van der Waals surface area contributed by atoms with Crippen LogP contribution in [0.25, 0.3) is 10.2 Å². The van der Waals surface area contributed by atoms with Crippen LogP contribution in [0.15, 0.2) is 48.5 Å². The number of amides is 1. The van der Waals surface area contributed by atoms with Gasteiger partial charge in [0.05, 0.1) is 15.2 Å². The fourth-order valence-electron chi connectivity index (χ4n) is 2.71. The summed E-state index contributed by atoms with van der Waals surface area (Å²) in [7, 11) is 1.84. The number of nitrogens with one attached hydrogen (secondary N) is 1. The van der Waals surface area contributed by atoms with Crippen LogP contribution in [0.2, 0.25) is 0 Å². The number of hydrogen-bond donors (Lipinski definition) is 1. The van der Waals surface area contributed by atoms with Crippen LogP contribution in [-0.2, 0) is 11.3 Å². The normalized spacial score (nSPS) is 12.1. The van der Waals surface area contributed by atoms with Gasteiger partial charge in [0.1, 0.15) is 6.04 Å². The highest BCUT2D eigenvalue weighted by Crippen LogP contribution is 2.25. The summed E-state index contributed by atoms with van der Waals surface area (Å²) in [6.45, 7) is 4.51. The van der Waals surface area contributed by atoms with Crippen molar-refractivity contribution in [1.29, 1.82) is 0 Å². The molecule has 0 saturated heterocycles. The van der Waals surface area contributed by atoms with Gasteiger partial charge in [-0.05, 0) is 37.6 Å². The van der Waals surface area contributed by atoms with Gasteiger partial charge in [-0.15, -0.1) is 11.3 Å². The lowest BCUT2D eigenvalue weighted by Gasteiger charge is -2.23. The fourth-order valence-corrected chi connectivity index (χ4v) is 3.57. The third-order valence-electron chi connectivity index (χ3n) is 3.89. The molecule has 0 radical (unpaired) electrons. The second-order valence-corrected chi connectivity index (χ2v) is 7.20. The first-order valence-electron chi connectivity index (χ1n) is 7.95. The molecule has 1 unspecified atom stereocenters. The number of thiazole rings is 1. The van der Waals surface area contributed by atoms with Gasteiger partial charge in [0.25, 0.3) is 0 Å². The Bertz CT molecular complexity index is 844. The molecule has 1 N–H and O–H groups in total. The molecular formula is C19H21N3OS. The van der Waals surface area contributed by atoms with Crippen molar-refractivity contribution in [3.05, 3.63) is 59.1 Å². The third-order valence-corrected chi connectivity index (χ3v) is 4.82. The Kier molecular flexibility index (Phi) is 4.81. The molecule has 124 valence electrons. The number of nitrogens with zero attached hydrogens (tertiary/aromatic N) is 2. The second-order valence-electron chi connectivity index (χ2n) is 5.96. The number of likely N-dealkylation sites (N-methyl/N-ethyl adjacent to an activating group) is 1. The highest BCUT2D eigenvalue weighted by atomic mass is 32.1. The molecule has 0 bridgehead atoms. The van der Waals surface area contributed by atoms with Crippen molar-refractivity contribution in [3.8, 4) is 0 Å². The van der Waals surface area contributed by atoms with Gasteiger partial charge in [0, 0.05) is 19.3 Å². The Hall–Kier alpha value is -2.40. The summed E-state index contributed by atoms with van der Waals surface area (Å²) in [6.07, 6.45) is 0. The first-order chi connectivity index (χ1) is 11.5. The quantitative estimate of drug-likeness (QED) is 0.762. The van der Waals surface area contributed by atoms with Gasteiger partial charge in [0.15, 0.2) is 0 Å². The third kappa shape index (κ3) is 3.74. The van der Waals surface area contributed by atoms with Crippen molar-refractivity contribution in [3.63, 3.8) is 0 Å². The minimum Gasteiger partial charge on any atom is -0.374 e. The van der Waals surface area contributed by atoms with E-state index in [2.05, 4.69) is 16.4 Å². The van der Waals surface area contributed by atoms with Crippen LogP contribution in [0.4, 0.5) is 5.69 Å². The zero-order valence-corrected chi connectivity index (χ0v) is 14.9. The monoisotopic (exact) mass is 339 g/mol. The summed E-state index contributed by atoms with van der Waals surface area (Å²) in [5.41, 5.74) is 3.07. The molecule has 3 aromatic rings. The van der Waals surface area contributed by atoms with Crippen molar-refractivity contribution in [2.24, 2.45) is 0 Å². The molecule has 1 heterocycles. The van der Waals surface area contributed by atoms with E-state index in [-0.39, 0.29) is 11.9 Å². The van der Waals surface area contributed by atoms with Crippen LogP contribution in [0.1, 0.15) is 17.5 Å². The molecule has 0 aliphatic heterocycles. The summed E-state index contributed by atoms with van der Waals surface area (Å²) in [4.78, 5) is 18.8. The molecule has 4 nitrogen and oxygen atoms in total. The van der Waals surface area contributed by atoms with Gasteiger partial charge >= 0.3 is 0 Å². The van der Waals surface area contributed by atoms with Crippen LogP contribution in [0.3, 0.4) is 0 Å². The van der Waals surface area contributed by atoms with E-state index in [0.717, 1.165) is 26.5 Å². The summed E-state index contributed by atoms with van der Waals surface area (Å²) >= 11 is 1.66. The molecule has 0 fully saturated rings. The van der Waals surface area contributed by atoms with Crippen LogP contribution in [-0.4, -0.2) is 28.9 Å². The molecule has 0 saturated carbocycles. The van der Waals surface area contributed by atoms with Gasteiger partial charge in [-0.3, -0.25) is 4.79 Å². The first-order valence-corrected chi connectivity index (χ1v) is 8.77. The Morgan fingerprint density at radius 3 is 2.75 bits per heavy atom. The van der Waals surface area contributed by atoms with Gasteiger partial charge in [0.2, 0.25) is 5.91 Å². The molecule has 1 amide bonds. The number of fused-ring (bicyclic) bond motifs is 1. The number of benzene rings is 2. The summed E-state index contributed by atoms with van der Waals surface area (Å²) < 4.78 is 1.13. The van der Waals surface area contributed by atoms with Gasteiger partial charge in [-0.2, -0.15) is 0 Å². The molecule has 0 aliphatic carbocycles. The van der Waals surface area contributed by atoms with E-state index in [1.165, 1.54) is 0 Å². The van der Waals surface area contributed by atoms with Gasteiger partial charge in [-0.25, -0.2) is 4.98 Å². The van der Waals surface area contributed by atoms with E-state index in [1.54, 1.807) is 16.2 Å². The summed E-state index contributed by atoms with van der Waals surface area (Å²) in [6, 6.07) is 15.8. The molecule has 0 aliphatic rings. The number of aromatic nitrogens is 1. The predicted octanol–water partition coefficient (Wildman–Crippen LogP) is 4.06. The molecule has 5 heteroatoms. The smallest absolute Gasteiger partial charge is 0.244 e. The van der Waals surface area contributed by atoms with Crippen molar-refractivity contribution in [2.75, 3.05) is 12.4 Å². The molecule has 1 aromatic heterocycles. The number of rotatable bonds is 5. The first kappa shape index (κ1) is 16.5. The molecule has 2 aromatic carbocycles.